The standard InChI is InChI=1S/C24H36O2.2CH4/c1-5-16(4)17-9-11-19(12-10-17)25-24(15(2)3)26-23-14-18-13-22(23)21-8-6-7-20(18)21;;/h9-12,15-16,18,20-24H,5-8,13-14H2,1-4H3;2*1H4. The van der Waals surface area contributed by atoms with Crippen LogP contribution >= 0.6 is 0 Å². The largest absolute Gasteiger partial charge is 0.465 e. The van der Waals surface area contributed by atoms with Gasteiger partial charge in [-0.05, 0) is 79.4 Å². The summed E-state index contributed by atoms with van der Waals surface area (Å²) in [7, 11) is 0. The van der Waals surface area contributed by atoms with Crippen molar-refractivity contribution < 1.29 is 9.47 Å². The summed E-state index contributed by atoms with van der Waals surface area (Å²) in [5.74, 6) is 5.60. The van der Waals surface area contributed by atoms with Gasteiger partial charge in [0, 0.05) is 5.92 Å². The average Bonchev–Trinajstić information content (AvgIpc) is 3.34. The van der Waals surface area contributed by atoms with Gasteiger partial charge in [-0.15, -0.1) is 0 Å². The molecular formula is C26H44O2. The Morgan fingerprint density at radius 3 is 2.25 bits per heavy atom. The Hall–Kier alpha value is -1.02. The number of ether oxygens (including phenoxy) is 2. The van der Waals surface area contributed by atoms with Gasteiger partial charge in [0.25, 0.3) is 0 Å². The van der Waals surface area contributed by atoms with Crippen LogP contribution in [0.4, 0.5) is 0 Å². The zero-order valence-corrected chi connectivity index (χ0v) is 17.0. The molecule has 2 nitrogen and oxygen atoms in total. The van der Waals surface area contributed by atoms with Crippen molar-refractivity contribution in [3.8, 4) is 5.75 Å². The van der Waals surface area contributed by atoms with E-state index in [1.54, 1.807) is 0 Å². The van der Waals surface area contributed by atoms with Gasteiger partial charge < -0.3 is 9.47 Å². The smallest absolute Gasteiger partial charge is 0.202 e. The fraction of sp³-hybridized carbons (Fsp3) is 0.769. The zero-order chi connectivity index (χ0) is 18.3. The van der Waals surface area contributed by atoms with Gasteiger partial charge in [-0.25, -0.2) is 0 Å². The number of rotatable bonds is 7. The second-order valence-electron chi connectivity index (χ2n) is 9.44. The summed E-state index contributed by atoms with van der Waals surface area (Å²) in [6.07, 6.45) is 8.51. The molecule has 1 aromatic rings. The third kappa shape index (κ3) is 4.42. The highest BCUT2D eigenvalue weighted by Crippen LogP contribution is 2.59. The molecule has 1 aromatic carbocycles. The van der Waals surface area contributed by atoms with Crippen molar-refractivity contribution in [1.82, 2.24) is 0 Å². The second kappa shape index (κ2) is 9.65. The minimum absolute atomic E-state index is 0. The van der Waals surface area contributed by atoms with E-state index in [4.69, 9.17) is 9.47 Å². The first-order chi connectivity index (χ1) is 12.6. The highest BCUT2D eigenvalue weighted by atomic mass is 16.7. The van der Waals surface area contributed by atoms with E-state index in [2.05, 4.69) is 52.0 Å². The summed E-state index contributed by atoms with van der Waals surface area (Å²) >= 11 is 0. The van der Waals surface area contributed by atoms with Crippen molar-refractivity contribution in [1.29, 1.82) is 0 Å². The van der Waals surface area contributed by atoms with Gasteiger partial charge in [0.2, 0.25) is 6.29 Å². The van der Waals surface area contributed by atoms with Crippen LogP contribution < -0.4 is 4.74 Å². The SMILES string of the molecule is C.C.CCC(C)c1ccc(OC(OC2CC3CC2C2CCCC32)C(C)C)cc1. The van der Waals surface area contributed by atoms with E-state index in [0.29, 0.717) is 17.9 Å². The Bertz CT molecular complexity index is 593. The van der Waals surface area contributed by atoms with E-state index in [0.717, 1.165) is 29.4 Å². The summed E-state index contributed by atoms with van der Waals surface area (Å²) in [6.45, 7) is 8.94. The number of benzene rings is 1. The monoisotopic (exact) mass is 388 g/mol. The quantitative estimate of drug-likeness (QED) is 0.446. The molecule has 0 spiro atoms. The van der Waals surface area contributed by atoms with Crippen LogP contribution in [-0.2, 0) is 4.74 Å². The summed E-state index contributed by atoms with van der Waals surface area (Å²) in [5, 5.41) is 0. The molecule has 3 aliphatic rings. The lowest BCUT2D eigenvalue weighted by Gasteiger charge is -2.35. The highest BCUT2D eigenvalue weighted by molar-refractivity contribution is 5.29. The minimum Gasteiger partial charge on any atom is -0.465 e. The van der Waals surface area contributed by atoms with Gasteiger partial charge in [0.1, 0.15) is 5.75 Å². The van der Waals surface area contributed by atoms with Crippen LogP contribution in [0.5, 0.6) is 5.75 Å². The van der Waals surface area contributed by atoms with Gasteiger partial charge in [0.05, 0.1) is 6.10 Å². The molecular weight excluding hydrogens is 344 g/mol. The van der Waals surface area contributed by atoms with Crippen LogP contribution in [0.1, 0.15) is 92.6 Å². The van der Waals surface area contributed by atoms with E-state index in [1.165, 1.54) is 44.1 Å². The van der Waals surface area contributed by atoms with Gasteiger partial charge in [-0.2, -0.15) is 0 Å². The molecule has 7 unspecified atom stereocenters. The van der Waals surface area contributed by atoms with Gasteiger partial charge in [-0.1, -0.05) is 61.1 Å². The third-order valence-electron chi connectivity index (χ3n) is 7.53. The number of hydrogen-bond acceptors (Lipinski definition) is 2. The summed E-state index contributed by atoms with van der Waals surface area (Å²) in [5.41, 5.74) is 1.39. The van der Waals surface area contributed by atoms with Gasteiger partial charge in [-0.3, -0.25) is 0 Å². The number of hydrogen-bond donors (Lipinski definition) is 0. The molecule has 2 heteroatoms. The van der Waals surface area contributed by atoms with Crippen molar-refractivity contribution in [2.45, 2.75) is 99.4 Å². The van der Waals surface area contributed by atoms with Crippen LogP contribution in [-0.4, -0.2) is 12.4 Å². The van der Waals surface area contributed by atoms with Gasteiger partial charge >= 0.3 is 0 Å². The van der Waals surface area contributed by atoms with Crippen LogP contribution in [0.25, 0.3) is 0 Å². The molecule has 0 heterocycles. The molecule has 4 rings (SSSR count). The first-order valence-electron chi connectivity index (χ1n) is 11.0. The van der Waals surface area contributed by atoms with Crippen molar-refractivity contribution in [2.24, 2.45) is 29.6 Å². The summed E-state index contributed by atoms with van der Waals surface area (Å²) in [6, 6.07) is 8.66. The van der Waals surface area contributed by atoms with Crippen LogP contribution in [0, 0.1) is 29.6 Å². The Kier molecular flexibility index (Phi) is 8.02. The maximum atomic E-state index is 6.60. The minimum atomic E-state index is -0.131. The second-order valence-corrected chi connectivity index (χ2v) is 9.44. The molecule has 160 valence electrons. The van der Waals surface area contributed by atoms with Crippen LogP contribution in [0.15, 0.2) is 24.3 Å². The van der Waals surface area contributed by atoms with E-state index >= 15 is 0 Å². The van der Waals surface area contributed by atoms with Crippen molar-refractivity contribution in [3.63, 3.8) is 0 Å². The predicted molar refractivity (Wildman–Crippen MR) is 120 cm³/mol. The molecule has 0 radical (unpaired) electrons. The fourth-order valence-electron chi connectivity index (χ4n) is 5.90. The molecule has 7 atom stereocenters. The molecule has 28 heavy (non-hydrogen) atoms. The first-order valence-corrected chi connectivity index (χ1v) is 11.0. The first kappa shape index (κ1) is 23.3. The summed E-state index contributed by atoms with van der Waals surface area (Å²) < 4.78 is 12.9. The van der Waals surface area contributed by atoms with Crippen molar-refractivity contribution in [3.05, 3.63) is 29.8 Å². The molecule has 0 aromatic heterocycles. The molecule has 0 aliphatic heterocycles. The summed E-state index contributed by atoms with van der Waals surface area (Å²) in [4.78, 5) is 0. The van der Waals surface area contributed by atoms with E-state index in [9.17, 15) is 0 Å². The van der Waals surface area contributed by atoms with Gasteiger partial charge in [0.15, 0.2) is 0 Å². The Labute approximate surface area is 174 Å². The lowest BCUT2D eigenvalue weighted by Crippen LogP contribution is -2.37. The Balaban J connectivity index is 0.00000140. The topological polar surface area (TPSA) is 18.5 Å². The predicted octanol–water partition coefficient (Wildman–Crippen LogP) is 7.67. The molecule has 0 amide bonds. The molecule has 3 saturated carbocycles. The third-order valence-corrected chi connectivity index (χ3v) is 7.53. The van der Waals surface area contributed by atoms with Crippen LogP contribution in [0.2, 0.25) is 0 Å². The zero-order valence-electron chi connectivity index (χ0n) is 17.0. The lowest BCUT2D eigenvalue weighted by atomic mass is 9.80. The Morgan fingerprint density at radius 2 is 1.61 bits per heavy atom. The Morgan fingerprint density at radius 1 is 0.929 bits per heavy atom. The van der Waals surface area contributed by atoms with Crippen molar-refractivity contribution in [2.75, 3.05) is 0 Å². The fourth-order valence-corrected chi connectivity index (χ4v) is 5.90. The molecule has 3 fully saturated rings. The number of fused-ring (bicyclic) bond motifs is 5. The normalized spacial score (nSPS) is 32.4. The molecule has 0 saturated heterocycles. The molecule has 0 N–H and O–H groups in total. The van der Waals surface area contributed by atoms with E-state index in [1.807, 2.05) is 0 Å². The lowest BCUT2D eigenvalue weighted by molar-refractivity contribution is -0.162. The maximum Gasteiger partial charge on any atom is 0.202 e. The van der Waals surface area contributed by atoms with E-state index in [-0.39, 0.29) is 21.1 Å². The molecule has 2 bridgehead atoms. The maximum absolute atomic E-state index is 6.60. The molecule has 3 aliphatic carbocycles. The van der Waals surface area contributed by atoms with E-state index < -0.39 is 0 Å². The average molecular weight is 389 g/mol. The van der Waals surface area contributed by atoms with Crippen molar-refractivity contribution >= 4 is 0 Å². The van der Waals surface area contributed by atoms with Crippen LogP contribution in [0.3, 0.4) is 0 Å². The highest BCUT2D eigenvalue weighted by Gasteiger charge is 2.54.